The molecule has 0 fully saturated rings. The number of carboxylic acids is 1. The lowest BCUT2D eigenvalue weighted by molar-refractivity contribution is -0.136. The van der Waals surface area contributed by atoms with Crippen LogP contribution >= 0.6 is 0 Å². The van der Waals surface area contributed by atoms with Gasteiger partial charge in [-0.25, -0.2) is 13.1 Å². The van der Waals surface area contributed by atoms with Crippen molar-refractivity contribution in [2.45, 2.75) is 17.7 Å². The number of carbonyl (C=O) groups is 1. The van der Waals surface area contributed by atoms with Crippen LogP contribution in [0.4, 0.5) is 0 Å². The van der Waals surface area contributed by atoms with E-state index in [0.29, 0.717) is 18.8 Å². The van der Waals surface area contributed by atoms with Gasteiger partial charge in [-0.1, -0.05) is 12.1 Å². The van der Waals surface area contributed by atoms with Crippen molar-refractivity contribution in [3.05, 3.63) is 35.4 Å². The van der Waals surface area contributed by atoms with Crippen molar-refractivity contribution in [1.29, 1.82) is 0 Å². The second-order valence-electron chi connectivity index (χ2n) is 5.08. The van der Waals surface area contributed by atoms with Gasteiger partial charge in [-0.05, 0) is 29.7 Å². The first-order valence-electron chi connectivity index (χ1n) is 7.06. The summed E-state index contributed by atoms with van der Waals surface area (Å²) in [6.45, 7) is 1.19. The van der Waals surface area contributed by atoms with Crippen molar-refractivity contribution in [2.75, 3.05) is 26.9 Å². The Balaban J connectivity index is 2.22. The largest absolute Gasteiger partial charge is 0.495 e. The van der Waals surface area contributed by atoms with E-state index in [4.69, 9.17) is 14.6 Å². The molecule has 0 unspecified atom stereocenters. The van der Waals surface area contributed by atoms with E-state index in [-0.39, 0.29) is 23.6 Å². The van der Waals surface area contributed by atoms with Crippen molar-refractivity contribution in [2.24, 2.45) is 0 Å². The molecule has 7 nitrogen and oxygen atoms in total. The number of carboxylic acid groups (broad SMARTS) is 1. The van der Waals surface area contributed by atoms with Crippen molar-refractivity contribution in [3.8, 4) is 5.75 Å². The van der Waals surface area contributed by atoms with Crippen LogP contribution in [0.2, 0.25) is 0 Å². The molecule has 0 saturated heterocycles. The molecule has 0 aliphatic carbocycles. The van der Waals surface area contributed by atoms with Gasteiger partial charge in [0.05, 0.1) is 26.7 Å². The second kappa shape index (κ2) is 7.58. The number of hydrogen-bond donors (Lipinski definition) is 2. The Morgan fingerprint density at radius 2 is 2.22 bits per heavy atom. The van der Waals surface area contributed by atoms with Gasteiger partial charge in [-0.2, -0.15) is 0 Å². The third kappa shape index (κ3) is 4.78. The van der Waals surface area contributed by atoms with Gasteiger partial charge in [-0.15, -0.1) is 0 Å². The summed E-state index contributed by atoms with van der Waals surface area (Å²) in [6, 6.07) is 4.31. The molecule has 1 aromatic carbocycles. The number of hydrogen-bond acceptors (Lipinski definition) is 5. The molecule has 1 aliphatic rings. The summed E-state index contributed by atoms with van der Waals surface area (Å²) in [7, 11) is -2.46. The van der Waals surface area contributed by atoms with E-state index in [2.05, 4.69) is 4.72 Å². The highest BCUT2D eigenvalue weighted by atomic mass is 32.2. The molecule has 0 amide bonds. The van der Waals surface area contributed by atoms with Gasteiger partial charge in [0.25, 0.3) is 0 Å². The Morgan fingerprint density at radius 1 is 1.43 bits per heavy atom. The normalized spacial score (nSPS) is 15.1. The van der Waals surface area contributed by atoms with E-state index >= 15 is 0 Å². The van der Waals surface area contributed by atoms with Crippen LogP contribution < -0.4 is 9.46 Å². The standard InChI is InChI=1S/C15H19NO6S/c1-21-13-5-4-11(8-15(17)18)7-14(13)23(19,20)16-9-12-3-2-6-22-10-12/h3-5,7,16H,2,6,8-10H2,1H3,(H,17,18). The Bertz CT molecular complexity index is 711. The molecule has 23 heavy (non-hydrogen) atoms. The van der Waals surface area contributed by atoms with E-state index in [1.54, 1.807) is 0 Å². The maximum Gasteiger partial charge on any atom is 0.307 e. The zero-order chi connectivity index (χ0) is 16.9. The number of nitrogens with one attached hydrogen (secondary N) is 1. The summed E-state index contributed by atoms with van der Waals surface area (Å²) in [5, 5.41) is 8.84. The van der Waals surface area contributed by atoms with Crippen LogP contribution in [0.25, 0.3) is 0 Å². The van der Waals surface area contributed by atoms with E-state index in [1.165, 1.54) is 25.3 Å². The van der Waals surface area contributed by atoms with Crippen LogP contribution in [-0.2, 0) is 26.0 Å². The predicted molar refractivity (Wildman–Crippen MR) is 83.0 cm³/mol. The van der Waals surface area contributed by atoms with Crippen LogP contribution in [-0.4, -0.2) is 46.4 Å². The summed E-state index contributed by atoms with van der Waals surface area (Å²) in [5.74, 6) is -0.864. The lowest BCUT2D eigenvalue weighted by Crippen LogP contribution is -2.28. The molecule has 1 aliphatic heterocycles. The highest BCUT2D eigenvalue weighted by molar-refractivity contribution is 7.89. The SMILES string of the molecule is COc1ccc(CC(=O)O)cc1S(=O)(=O)NCC1=CCCOC1. The third-order valence-corrected chi connectivity index (χ3v) is 4.77. The zero-order valence-electron chi connectivity index (χ0n) is 12.7. The fourth-order valence-corrected chi connectivity index (χ4v) is 3.47. The highest BCUT2D eigenvalue weighted by Crippen LogP contribution is 2.25. The number of sulfonamides is 1. The van der Waals surface area contributed by atoms with Crippen LogP contribution in [0.5, 0.6) is 5.75 Å². The van der Waals surface area contributed by atoms with Crippen molar-refractivity contribution in [3.63, 3.8) is 0 Å². The average molecular weight is 341 g/mol. The summed E-state index contributed by atoms with van der Waals surface area (Å²) < 4.78 is 37.8. The Hall–Kier alpha value is -1.90. The first kappa shape index (κ1) is 17.5. The fraction of sp³-hybridized carbons (Fsp3) is 0.400. The van der Waals surface area contributed by atoms with Crippen LogP contribution in [0.15, 0.2) is 34.7 Å². The van der Waals surface area contributed by atoms with Gasteiger partial charge in [0, 0.05) is 6.54 Å². The molecule has 126 valence electrons. The molecule has 8 heteroatoms. The summed E-state index contributed by atoms with van der Waals surface area (Å²) in [6.07, 6.45) is 2.45. The Labute approximate surface area is 135 Å². The van der Waals surface area contributed by atoms with Crippen LogP contribution in [0.3, 0.4) is 0 Å². The first-order valence-corrected chi connectivity index (χ1v) is 8.54. The van der Waals surface area contributed by atoms with Crippen LogP contribution in [0, 0.1) is 0 Å². The molecule has 2 rings (SSSR count). The topological polar surface area (TPSA) is 102 Å². The Morgan fingerprint density at radius 3 is 2.83 bits per heavy atom. The molecule has 0 spiro atoms. The van der Waals surface area contributed by atoms with E-state index in [0.717, 1.165) is 12.0 Å². The van der Waals surface area contributed by atoms with Crippen molar-refractivity contribution in [1.82, 2.24) is 4.72 Å². The maximum absolute atomic E-state index is 12.5. The second-order valence-corrected chi connectivity index (χ2v) is 6.82. The van der Waals surface area contributed by atoms with Crippen molar-refractivity contribution >= 4 is 16.0 Å². The number of aliphatic carboxylic acids is 1. The molecule has 1 heterocycles. The van der Waals surface area contributed by atoms with E-state index in [9.17, 15) is 13.2 Å². The maximum atomic E-state index is 12.5. The van der Waals surface area contributed by atoms with E-state index in [1.807, 2.05) is 6.08 Å². The molecule has 0 aromatic heterocycles. The zero-order valence-corrected chi connectivity index (χ0v) is 13.6. The molecule has 0 bridgehead atoms. The molecular formula is C15H19NO6S. The number of methoxy groups -OCH3 is 1. The Kier molecular flexibility index (Phi) is 5.75. The number of rotatable bonds is 7. The summed E-state index contributed by atoms with van der Waals surface area (Å²) in [4.78, 5) is 10.7. The monoisotopic (exact) mass is 341 g/mol. The molecular weight excluding hydrogens is 322 g/mol. The van der Waals surface area contributed by atoms with Gasteiger partial charge in [0.1, 0.15) is 10.6 Å². The average Bonchev–Trinajstić information content (AvgIpc) is 2.53. The minimum Gasteiger partial charge on any atom is -0.495 e. The molecule has 0 atom stereocenters. The molecule has 2 N–H and O–H groups in total. The summed E-state index contributed by atoms with van der Waals surface area (Å²) in [5.41, 5.74) is 1.25. The smallest absolute Gasteiger partial charge is 0.307 e. The van der Waals surface area contributed by atoms with Crippen molar-refractivity contribution < 1.29 is 27.8 Å². The minimum atomic E-state index is -3.83. The lowest BCUT2D eigenvalue weighted by atomic mass is 10.1. The summed E-state index contributed by atoms with van der Waals surface area (Å²) >= 11 is 0. The number of ether oxygens (including phenoxy) is 2. The minimum absolute atomic E-state index is 0.0731. The van der Waals surface area contributed by atoms with Gasteiger partial charge >= 0.3 is 5.97 Å². The van der Waals surface area contributed by atoms with Crippen LogP contribution in [0.1, 0.15) is 12.0 Å². The molecule has 0 radical (unpaired) electrons. The van der Waals surface area contributed by atoms with Gasteiger partial charge in [0.15, 0.2) is 0 Å². The third-order valence-electron chi connectivity index (χ3n) is 3.34. The lowest BCUT2D eigenvalue weighted by Gasteiger charge is -2.16. The van der Waals surface area contributed by atoms with E-state index < -0.39 is 16.0 Å². The molecule has 0 saturated carbocycles. The first-order chi connectivity index (χ1) is 10.9. The number of benzene rings is 1. The van der Waals surface area contributed by atoms with Gasteiger partial charge < -0.3 is 14.6 Å². The highest BCUT2D eigenvalue weighted by Gasteiger charge is 2.21. The quantitative estimate of drug-likeness (QED) is 0.716. The van der Waals surface area contributed by atoms with Gasteiger partial charge in [-0.3, -0.25) is 4.79 Å². The fourth-order valence-electron chi connectivity index (χ4n) is 2.21. The van der Waals surface area contributed by atoms with Gasteiger partial charge in [0.2, 0.25) is 10.0 Å². The predicted octanol–water partition coefficient (Wildman–Crippen LogP) is 0.947. The molecule has 1 aromatic rings.